The largest absolute Gasteiger partial charge is 0.356 e. The predicted octanol–water partition coefficient (Wildman–Crippen LogP) is 1.37. The molecule has 18 heavy (non-hydrogen) atoms. The molecule has 8 heteroatoms. The van der Waals surface area contributed by atoms with Crippen LogP contribution < -0.4 is 16.7 Å². The van der Waals surface area contributed by atoms with Crippen molar-refractivity contribution in [2.45, 2.75) is 0 Å². The van der Waals surface area contributed by atoms with Gasteiger partial charge in [0.05, 0.1) is 0 Å². The lowest BCUT2D eigenvalue weighted by atomic mass is 10.2. The van der Waals surface area contributed by atoms with Crippen molar-refractivity contribution in [3.8, 4) is 11.3 Å². The summed E-state index contributed by atoms with van der Waals surface area (Å²) in [7, 11) is 1.59. The molecule has 1 heterocycles. The summed E-state index contributed by atoms with van der Waals surface area (Å²) in [5.41, 5.74) is 0.0560. The predicted molar refractivity (Wildman–Crippen MR) is 71.4 cm³/mol. The van der Waals surface area contributed by atoms with Crippen LogP contribution in [0.1, 0.15) is 0 Å². The second kappa shape index (κ2) is 4.83. The number of halogens is 2. The quantitative estimate of drug-likeness (QED) is 0.814. The van der Waals surface area contributed by atoms with E-state index in [2.05, 4.69) is 15.5 Å². The Kier molecular flexibility index (Phi) is 3.40. The van der Waals surface area contributed by atoms with Crippen molar-refractivity contribution < 1.29 is 0 Å². The van der Waals surface area contributed by atoms with Gasteiger partial charge in [0.2, 0.25) is 5.95 Å². The molecule has 0 bridgehead atoms. The number of nitrogens with one attached hydrogen (secondary N) is 1. The Morgan fingerprint density at radius 1 is 1.22 bits per heavy atom. The van der Waals surface area contributed by atoms with E-state index in [0.717, 1.165) is 4.68 Å². The molecule has 0 fully saturated rings. The lowest BCUT2D eigenvalue weighted by Crippen LogP contribution is -2.32. The zero-order valence-electron chi connectivity index (χ0n) is 9.32. The van der Waals surface area contributed by atoms with Gasteiger partial charge in [0.15, 0.2) is 5.69 Å². The first-order valence-electron chi connectivity index (χ1n) is 4.92. The molecule has 1 aromatic carbocycles. The van der Waals surface area contributed by atoms with Crippen LogP contribution in [0.3, 0.4) is 0 Å². The molecule has 2 rings (SSSR count). The molecule has 0 aliphatic heterocycles. The fraction of sp³-hybridized carbons (Fsp3) is 0.100. The van der Waals surface area contributed by atoms with Crippen molar-refractivity contribution in [1.29, 1.82) is 0 Å². The van der Waals surface area contributed by atoms with Crippen LogP contribution in [0.5, 0.6) is 0 Å². The summed E-state index contributed by atoms with van der Waals surface area (Å²) >= 11 is 11.7. The molecule has 0 spiro atoms. The maximum Gasteiger partial charge on any atom is 0.300 e. The number of benzene rings is 1. The fourth-order valence-corrected chi connectivity index (χ4v) is 1.97. The number of hydrogen-bond acceptors (Lipinski definition) is 5. The number of nitrogens with zero attached hydrogens (tertiary/aromatic N) is 3. The van der Waals surface area contributed by atoms with Gasteiger partial charge in [-0.1, -0.05) is 23.2 Å². The molecule has 0 aliphatic rings. The first-order chi connectivity index (χ1) is 8.52. The van der Waals surface area contributed by atoms with Gasteiger partial charge in [0, 0.05) is 22.7 Å². The number of rotatable bonds is 2. The number of aromatic nitrogens is 3. The van der Waals surface area contributed by atoms with Gasteiger partial charge in [-0.3, -0.25) is 4.79 Å². The van der Waals surface area contributed by atoms with E-state index < -0.39 is 5.56 Å². The molecule has 94 valence electrons. The summed E-state index contributed by atoms with van der Waals surface area (Å²) in [6, 6.07) is 4.69. The minimum Gasteiger partial charge on any atom is -0.356 e. The Balaban J connectivity index is 2.65. The van der Waals surface area contributed by atoms with E-state index in [1.807, 2.05) is 0 Å². The molecule has 0 amide bonds. The Labute approximate surface area is 112 Å². The van der Waals surface area contributed by atoms with Gasteiger partial charge >= 0.3 is 0 Å². The molecular formula is C10H9Cl2N5O. The van der Waals surface area contributed by atoms with Crippen LogP contribution in [0, 0.1) is 0 Å². The van der Waals surface area contributed by atoms with Gasteiger partial charge in [0.25, 0.3) is 5.56 Å². The molecule has 6 nitrogen and oxygen atoms in total. The first-order valence-corrected chi connectivity index (χ1v) is 5.67. The van der Waals surface area contributed by atoms with Gasteiger partial charge in [-0.15, -0.1) is 10.2 Å². The van der Waals surface area contributed by atoms with E-state index in [9.17, 15) is 4.79 Å². The highest BCUT2D eigenvalue weighted by Gasteiger charge is 2.12. The van der Waals surface area contributed by atoms with E-state index in [4.69, 9.17) is 29.0 Å². The van der Waals surface area contributed by atoms with Crippen LogP contribution in [-0.2, 0) is 0 Å². The number of hydrogen-bond donors (Lipinski definition) is 2. The smallest absolute Gasteiger partial charge is 0.300 e. The SMILES string of the molecule is CNc1nnc(-c2cc(Cl)cc(Cl)c2)c(=O)n1N. The third-order valence-electron chi connectivity index (χ3n) is 2.25. The molecular weight excluding hydrogens is 277 g/mol. The molecule has 0 unspecified atom stereocenters. The third-order valence-corrected chi connectivity index (χ3v) is 2.69. The van der Waals surface area contributed by atoms with Crippen LogP contribution in [0.25, 0.3) is 11.3 Å². The topological polar surface area (TPSA) is 85.8 Å². The average molecular weight is 286 g/mol. The minimum atomic E-state index is -0.493. The average Bonchev–Trinajstić information content (AvgIpc) is 2.31. The van der Waals surface area contributed by atoms with Gasteiger partial charge in [-0.25, -0.2) is 0 Å². The number of anilines is 1. The third kappa shape index (κ3) is 2.25. The summed E-state index contributed by atoms with van der Waals surface area (Å²) in [5.74, 6) is 5.74. The Bertz CT molecular complexity index is 635. The molecule has 0 saturated heterocycles. The van der Waals surface area contributed by atoms with Crippen LogP contribution >= 0.6 is 23.2 Å². The normalized spacial score (nSPS) is 10.4. The maximum atomic E-state index is 12.0. The zero-order chi connectivity index (χ0) is 13.3. The maximum absolute atomic E-state index is 12.0. The lowest BCUT2D eigenvalue weighted by Gasteiger charge is -2.07. The van der Waals surface area contributed by atoms with E-state index in [-0.39, 0.29) is 11.6 Å². The summed E-state index contributed by atoms with van der Waals surface area (Å²) < 4.78 is 0.872. The molecule has 0 saturated carbocycles. The molecule has 0 atom stereocenters. The second-order valence-corrected chi connectivity index (χ2v) is 4.33. The molecule has 1 aromatic heterocycles. The molecule has 0 aliphatic carbocycles. The van der Waals surface area contributed by atoms with Crippen molar-refractivity contribution in [2.24, 2.45) is 0 Å². The van der Waals surface area contributed by atoms with E-state index in [0.29, 0.717) is 15.6 Å². The van der Waals surface area contributed by atoms with Crippen LogP contribution in [0.4, 0.5) is 5.95 Å². The van der Waals surface area contributed by atoms with Crippen molar-refractivity contribution in [3.05, 3.63) is 38.6 Å². The standard InChI is InChI=1S/C10H9Cl2N5O/c1-14-10-16-15-8(9(18)17(10)13)5-2-6(11)4-7(12)3-5/h2-4H,13H2,1H3,(H,14,16). The van der Waals surface area contributed by atoms with E-state index in [1.54, 1.807) is 25.2 Å². The zero-order valence-corrected chi connectivity index (χ0v) is 10.8. The van der Waals surface area contributed by atoms with E-state index >= 15 is 0 Å². The van der Waals surface area contributed by atoms with Gasteiger partial charge in [-0.05, 0) is 18.2 Å². The number of nitrogens with two attached hydrogens (primary N) is 1. The van der Waals surface area contributed by atoms with Crippen molar-refractivity contribution in [3.63, 3.8) is 0 Å². The van der Waals surface area contributed by atoms with Crippen molar-refractivity contribution >= 4 is 29.2 Å². The second-order valence-electron chi connectivity index (χ2n) is 3.46. The Hall–Kier alpha value is -1.79. The van der Waals surface area contributed by atoms with Crippen LogP contribution in [0.15, 0.2) is 23.0 Å². The summed E-state index contributed by atoms with van der Waals surface area (Å²) in [6.07, 6.45) is 0. The Morgan fingerprint density at radius 2 is 1.83 bits per heavy atom. The van der Waals surface area contributed by atoms with Crippen LogP contribution in [0.2, 0.25) is 10.0 Å². The Morgan fingerprint density at radius 3 is 2.39 bits per heavy atom. The highest BCUT2D eigenvalue weighted by Crippen LogP contribution is 2.24. The monoisotopic (exact) mass is 285 g/mol. The minimum absolute atomic E-state index is 0.0842. The van der Waals surface area contributed by atoms with Crippen molar-refractivity contribution in [1.82, 2.24) is 14.9 Å². The van der Waals surface area contributed by atoms with Gasteiger partial charge in [-0.2, -0.15) is 4.68 Å². The molecule has 2 aromatic rings. The lowest BCUT2D eigenvalue weighted by molar-refractivity contribution is 0.838. The first kappa shape index (κ1) is 12.7. The molecule has 0 radical (unpaired) electrons. The summed E-state index contributed by atoms with van der Waals surface area (Å²) in [5, 5.41) is 11.1. The molecule has 3 N–H and O–H groups in total. The summed E-state index contributed by atoms with van der Waals surface area (Å²) in [6.45, 7) is 0. The summed E-state index contributed by atoms with van der Waals surface area (Å²) in [4.78, 5) is 12.0. The van der Waals surface area contributed by atoms with Crippen LogP contribution in [-0.4, -0.2) is 21.9 Å². The van der Waals surface area contributed by atoms with Gasteiger partial charge < -0.3 is 11.2 Å². The van der Waals surface area contributed by atoms with Crippen molar-refractivity contribution in [2.75, 3.05) is 18.2 Å². The highest BCUT2D eigenvalue weighted by atomic mass is 35.5. The van der Waals surface area contributed by atoms with E-state index in [1.165, 1.54) is 0 Å². The number of nitrogen functional groups attached to an aromatic ring is 1. The van der Waals surface area contributed by atoms with Gasteiger partial charge in [0.1, 0.15) is 0 Å². The fourth-order valence-electron chi connectivity index (χ4n) is 1.44. The highest BCUT2D eigenvalue weighted by molar-refractivity contribution is 6.35.